The minimum atomic E-state index is -5.15. The molecule has 1 saturated carbocycles. The van der Waals surface area contributed by atoms with Gasteiger partial charge in [0.1, 0.15) is 5.75 Å². The Kier molecular flexibility index (Phi) is 7.59. The van der Waals surface area contributed by atoms with Crippen LogP contribution in [0.4, 0.5) is 18.9 Å². The number of nitrogens with one attached hydrogen (secondary N) is 1. The van der Waals surface area contributed by atoms with Gasteiger partial charge in [-0.15, -0.1) is 11.3 Å². The van der Waals surface area contributed by atoms with Gasteiger partial charge in [-0.25, -0.2) is 0 Å². The molecule has 3 rings (SSSR count). The summed E-state index contributed by atoms with van der Waals surface area (Å²) < 4.78 is 46.2. The van der Waals surface area contributed by atoms with Gasteiger partial charge >= 0.3 is 12.1 Å². The van der Waals surface area contributed by atoms with Gasteiger partial charge in [-0.3, -0.25) is 14.5 Å². The molecule has 1 fully saturated rings. The van der Waals surface area contributed by atoms with Crippen LogP contribution in [0.2, 0.25) is 0 Å². The van der Waals surface area contributed by atoms with E-state index in [0.717, 1.165) is 43.4 Å². The number of alkyl halides is 3. The van der Waals surface area contributed by atoms with E-state index < -0.39 is 24.0 Å². The van der Waals surface area contributed by atoms with Gasteiger partial charge in [-0.05, 0) is 43.3 Å². The van der Waals surface area contributed by atoms with Crippen molar-refractivity contribution in [2.75, 3.05) is 11.5 Å². The van der Waals surface area contributed by atoms with E-state index in [2.05, 4.69) is 5.32 Å². The minimum Gasteiger partial charge on any atom is -0.494 e. The SMILES string of the molecule is CCOc1cccc(N(C(=O)C(F)(F)F)[C@@H](C(=O)NC2CCCCC2)c2cccs2)c1. The number of halogens is 3. The molecule has 1 aliphatic carbocycles. The number of anilines is 1. The summed E-state index contributed by atoms with van der Waals surface area (Å²) in [6.07, 6.45) is -0.621. The van der Waals surface area contributed by atoms with E-state index in [1.807, 2.05) is 0 Å². The Bertz CT molecular complexity index is 880. The van der Waals surface area contributed by atoms with Crippen molar-refractivity contribution in [1.29, 1.82) is 0 Å². The van der Waals surface area contributed by atoms with Gasteiger partial charge in [0.25, 0.3) is 0 Å². The number of thiophene rings is 1. The molecule has 2 amide bonds. The highest BCUT2D eigenvalue weighted by Crippen LogP contribution is 2.36. The molecule has 0 radical (unpaired) electrons. The maximum absolute atomic E-state index is 13.6. The second-order valence-corrected chi connectivity index (χ2v) is 8.34. The predicted molar refractivity (Wildman–Crippen MR) is 113 cm³/mol. The number of hydrogen-bond acceptors (Lipinski definition) is 4. The molecule has 1 aromatic carbocycles. The Morgan fingerprint density at radius 2 is 1.94 bits per heavy atom. The largest absolute Gasteiger partial charge is 0.494 e. The predicted octanol–water partition coefficient (Wildman–Crippen LogP) is 5.23. The number of ether oxygens (including phenoxy) is 1. The molecule has 1 N–H and O–H groups in total. The lowest BCUT2D eigenvalue weighted by atomic mass is 9.95. The molecule has 0 bridgehead atoms. The molecule has 0 spiro atoms. The van der Waals surface area contributed by atoms with Crippen molar-refractivity contribution in [2.45, 2.75) is 57.3 Å². The fourth-order valence-corrected chi connectivity index (χ4v) is 4.57. The number of amides is 2. The summed E-state index contributed by atoms with van der Waals surface area (Å²) in [4.78, 5) is 26.7. The quantitative estimate of drug-likeness (QED) is 0.623. The van der Waals surface area contributed by atoms with E-state index in [4.69, 9.17) is 4.74 Å². The lowest BCUT2D eigenvalue weighted by Gasteiger charge is -2.33. The fraction of sp³-hybridized carbons (Fsp3) is 0.455. The van der Waals surface area contributed by atoms with Crippen molar-refractivity contribution in [3.63, 3.8) is 0 Å². The number of carbonyl (C=O) groups excluding carboxylic acids is 2. The molecule has 1 aliphatic rings. The molecule has 9 heteroatoms. The average Bonchev–Trinajstić information content (AvgIpc) is 3.26. The second-order valence-electron chi connectivity index (χ2n) is 7.36. The Hall–Kier alpha value is -2.55. The number of carbonyl (C=O) groups is 2. The minimum absolute atomic E-state index is 0.0505. The zero-order valence-electron chi connectivity index (χ0n) is 17.2. The van der Waals surface area contributed by atoms with Gasteiger partial charge < -0.3 is 10.1 Å². The normalized spacial score (nSPS) is 15.9. The molecule has 2 aromatic rings. The van der Waals surface area contributed by atoms with Gasteiger partial charge in [0.15, 0.2) is 6.04 Å². The van der Waals surface area contributed by atoms with Crippen LogP contribution in [-0.2, 0) is 9.59 Å². The Morgan fingerprint density at radius 3 is 2.55 bits per heavy atom. The zero-order chi connectivity index (χ0) is 22.4. The van der Waals surface area contributed by atoms with Crippen LogP contribution in [0.1, 0.15) is 49.9 Å². The van der Waals surface area contributed by atoms with Gasteiger partial charge in [0, 0.05) is 22.7 Å². The van der Waals surface area contributed by atoms with Crippen molar-refractivity contribution in [2.24, 2.45) is 0 Å². The van der Waals surface area contributed by atoms with Crippen LogP contribution < -0.4 is 15.0 Å². The van der Waals surface area contributed by atoms with E-state index >= 15 is 0 Å². The van der Waals surface area contributed by atoms with E-state index in [0.29, 0.717) is 22.1 Å². The van der Waals surface area contributed by atoms with Crippen LogP contribution >= 0.6 is 11.3 Å². The van der Waals surface area contributed by atoms with Crippen LogP contribution in [0.25, 0.3) is 0 Å². The van der Waals surface area contributed by atoms with Crippen LogP contribution in [0.15, 0.2) is 41.8 Å². The molecule has 0 saturated heterocycles. The summed E-state index contributed by atoms with van der Waals surface area (Å²) in [6.45, 7) is 2.06. The van der Waals surface area contributed by atoms with E-state index in [1.165, 1.54) is 18.2 Å². The van der Waals surface area contributed by atoms with Crippen LogP contribution in [-0.4, -0.2) is 30.6 Å². The van der Waals surface area contributed by atoms with Crippen molar-refractivity contribution in [1.82, 2.24) is 5.32 Å². The third kappa shape index (κ3) is 5.78. The molecular weight excluding hydrogens is 429 g/mol. The number of rotatable bonds is 7. The molecule has 1 aromatic heterocycles. The van der Waals surface area contributed by atoms with Crippen molar-refractivity contribution >= 4 is 28.8 Å². The summed E-state index contributed by atoms with van der Waals surface area (Å²) in [5, 5.41) is 4.55. The number of hydrogen-bond donors (Lipinski definition) is 1. The van der Waals surface area contributed by atoms with Crippen LogP contribution in [0.5, 0.6) is 5.75 Å². The first-order chi connectivity index (χ1) is 14.8. The molecule has 168 valence electrons. The van der Waals surface area contributed by atoms with Gasteiger partial charge in [-0.1, -0.05) is 31.4 Å². The summed E-state index contributed by atoms with van der Waals surface area (Å²) in [5.74, 6) is -2.40. The third-order valence-electron chi connectivity index (χ3n) is 5.14. The standard InChI is InChI=1S/C22H25F3N2O3S/c1-2-30-17-11-6-10-16(14-17)27(21(29)22(23,24)25)19(18-12-7-13-31-18)20(28)26-15-8-4-3-5-9-15/h6-7,10-15,19H,2-5,8-9H2,1H3,(H,26,28)/t19-/m1/s1. The molecule has 0 unspecified atom stereocenters. The Morgan fingerprint density at radius 1 is 1.19 bits per heavy atom. The molecule has 0 aliphatic heterocycles. The monoisotopic (exact) mass is 454 g/mol. The van der Waals surface area contributed by atoms with Gasteiger partial charge in [0.05, 0.1) is 6.61 Å². The first-order valence-corrected chi connectivity index (χ1v) is 11.2. The smallest absolute Gasteiger partial charge is 0.471 e. The topological polar surface area (TPSA) is 58.6 Å². The molecule has 5 nitrogen and oxygen atoms in total. The number of nitrogens with zero attached hydrogens (tertiary/aromatic N) is 1. The lowest BCUT2D eigenvalue weighted by Crippen LogP contribution is -2.50. The summed E-state index contributed by atoms with van der Waals surface area (Å²) in [7, 11) is 0. The van der Waals surface area contributed by atoms with E-state index in [1.54, 1.807) is 30.5 Å². The third-order valence-corrected chi connectivity index (χ3v) is 6.06. The van der Waals surface area contributed by atoms with Crippen molar-refractivity contribution in [3.8, 4) is 5.75 Å². The van der Waals surface area contributed by atoms with Crippen molar-refractivity contribution < 1.29 is 27.5 Å². The maximum atomic E-state index is 13.6. The highest BCUT2D eigenvalue weighted by atomic mass is 32.1. The Labute approximate surface area is 183 Å². The van der Waals surface area contributed by atoms with E-state index in [-0.39, 0.29) is 11.7 Å². The highest BCUT2D eigenvalue weighted by molar-refractivity contribution is 7.10. The van der Waals surface area contributed by atoms with Gasteiger partial charge in [-0.2, -0.15) is 13.2 Å². The van der Waals surface area contributed by atoms with Crippen LogP contribution in [0, 0.1) is 0 Å². The summed E-state index contributed by atoms with van der Waals surface area (Å²) >= 11 is 1.13. The summed E-state index contributed by atoms with van der Waals surface area (Å²) in [6, 6.07) is 7.48. The van der Waals surface area contributed by atoms with Crippen molar-refractivity contribution in [3.05, 3.63) is 46.7 Å². The molecule has 1 heterocycles. The van der Waals surface area contributed by atoms with Gasteiger partial charge in [0.2, 0.25) is 5.91 Å². The van der Waals surface area contributed by atoms with E-state index in [9.17, 15) is 22.8 Å². The maximum Gasteiger partial charge on any atom is 0.471 e. The molecule has 31 heavy (non-hydrogen) atoms. The zero-order valence-corrected chi connectivity index (χ0v) is 18.0. The average molecular weight is 455 g/mol. The summed E-state index contributed by atoms with van der Waals surface area (Å²) in [5.41, 5.74) is -0.0505. The van der Waals surface area contributed by atoms with Crippen LogP contribution in [0.3, 0.4) is 0 Å². The highest BCUT2D eigenvalue weighted by Gasteiger charge is 2.48. The first-order valence-electron chi connectivity index (χ1n) is 10.3. The first kappa shape index (κ1) is 23.1. The molecular formula is C22H25F3N2O3S. The fourth-order valence-electron chi connectivity index (χ4n) is 3.76. The lowest BCUT2D eigenvalue weighted by molar-refractivity contribution is -0.171. The molecule has 1 atom stereocenters. The number of benzene rings is 1. The second kappa shape index (κ2) is 10.2. The Balaban J connectivity index is 2.03.